The molecule has 1 aliphatic heterocycles. The van der Waals surface area contributed by atoms with Crippen molar-refractivity contribution in [2.24, 2.45) is 5.73 Å². The molecule has 0 bridgehead atoms. The fraction of sp³-hybridized carbons (Fsp3) is 0.562. The summed E-state index contributed by atoms with van der Waals surface area (Å²) in [6, 6.07) is 7.39. The Bertz CT molecular complexity index is 465. The van der Waals surface area contributed by atoms with Crippen molar-refractivity contribution in [3.63, 3.8) is 0 Å². The van der Waals surface area contributed by atoms with Gasteiger partial charge in [-0.25, -0.2) is 4.79 Å². The van der Waals surface area contributed by atoms with Crippen LogP contribution in [0.25, 0.3) is 0 Å². The van der Waals surface area contributed by atoms with Gasteiger partial charge in [-0.05, 0) is 44.0 Å². The number of methoxy groups -OCH3 is 1. The van der Waals surface area contributed by atoms with E-state index in [1.807, 2.05) is 6.07 Å². The van der Waals surface area contributed by atoms with Gasteiger partial charge in [-0.3, -0.25) is 0 Å². The van der Waals surface area contributed by atoms with E-state index in [4.69, 9.17) is 15.2 Å². The number of nitrogens with zero attached hydrogens (tertiary/aromatic N) is 1. The lowest BCUT2D eigenvalue weighted by molar-refractivity contribution is 0.0600. The van der Waals surface area contributed by atoms with E-state index >= 15 is 0 Å². The van der Waals surface area contributed by atoms with Crippen LogP contribution >= 0.6 is 0 Å². The van der Waals surface area contributed by atoms with Crippen LogP contribution < -0.4 is 10.5 Å². The number of benzene rings is 1. The van der Waals surface area contributed by atoms with Gasteiger partial charge in [0.05, 0.1) is 19.3 Å². The van der Waals surface area contributed by atoms with Crippen molar-refractivity contribution in [2.75, 3.05) is 33.4 Å². The van der Waals surface area contributed by atoms with Crippen molar-refractivity contribution in [1.82, 2.24) is 4.90 Å². The van der Waals surface area contributed by atoms with E-state index in [0.29, 0.717) is 24.0 Å². The number of hydrogen-bond acceptors (Lipinski definition) is 5. The number of carbonyl (C=O) groups is 1. The summed E-state index contributed by atoms with van der Waals surface area (Å²) in [4.78, 5) is 13.8. The minimum Gasteiger partial charge on any atom is -0.494 e. The molecule has 1 atom stereocenters. The molecule has 0 saturated carbocycles. The molecule has 0 spiro atoms. The van der Waals surface area contributed by atoms with Crippen molar-refractivity contribution in [2.45, 2.75) is 25.3 Å². The van der Waals surface area contributed by atoms with E-state index < -0.39 is 0 Å². The summed E-state index contributed by atoms with van der Waals surface area (Å²) in [5, 5.41) is 0. The highest BCUT2D eigenvalue weighted by molar-refractivity contribution is 5.89. The summed E-state index contributed by atoms with van der Waals surface area (Å²) in [5.74, 6) is 0.357. The van der Waals surface area contributed by atoms with Crippen LogP contribution in [0.5, 0.6) is 5.75 Å². The maximum Gasteiger partial charge on any atom is 0.337 e. The van der Waals surface area contributed by atoms with Gasteiger partial charge in [0.2, 0.25) is 0 Å². The van der Waals surface area contributed by atoms with Crippen molar-refractivity contribution in [1.29, 1.82) is 0 Å². The first kappa shape index (κ1) is 15.8. The van der Waals surface area contributed by atoms with Gasteiger partial charge in [0, 0.05) is 19.1 Å². The van der Waals surface area contributed by atoms with Crippen LogP contribution in [-0.4, -0.2) is 50.3 Å². The zero-order valence-electron chi connectivity index (χ0n) is 12.6. The third-order valence-electron chi connectivity index (χ3n) is 3.68. The molecule has 1 aliphatic rings. The van der Waals surface area contributed by atoms with E-state index in [-0.39, 0.29) is 5.97 Å². The zero-order valence-corrected chi connectivity index (χ0v) is 12.6. The van der Waals surface area contributed by atoms with E-state index in [1.165, 1.54) is 13.5 Å². The van der Waals surface area contributed by atoms with Crippen molar-refractivity contribution in [3.8, 4) is 5.75 Å². The second kappa shape index (κ2) is 8.00. The third-order valence-corrected chi connectivity index (χ3v) is 3.68. The fourth-order valence-electron chi connectivity index (χ4n) is 2.60. The number of esters is 1. The van der Waals surface area contributed by atoms with Gasteiger partial charge in [-0.1, -0.05) is 6.07 Å². The molecule has 1 heterocycles. The Balaban J connectivity index is 1.72. The van der Waals surface area contributed by atoms with Gasteiger partial charge in [0.25, 0.3) is 0 Å². The van der Waals surface area contributed by atoms with Gasteiger partial charge in [0.15, 0.2) is 0 Å². The third kappa shape index (κ3) is 5.02. The summed E-state index contributed by atoms with van der Waals surface area (Å²) in [7, 11) is 1.37. The summed E-state index contributed by atoms with van der Waals surface area (Å²) >= 11 is 0. The van der Waals surface area contributed by atoms with E-state index in [2.05, 4.69) is 4.90 Å². The second-order valence-corrected chi connectivity index (χ2v) is 5.42. The van der Waals surface area contributed by atoms with Gasteiger partial charge in [0.1, 0.15) is 5.75 Å². The normalized spacial score (nSPS) is 19.2. The number of likely N-dealkylation sites (tertiary alicyclic amines) is 1. The van der Waals surface area contributed by atoms with E-state index in [0.717, 1.165) is 32.5 Å². The molecule has 0 unspecified atom stereocenters. The predicted octanol–water partition coefficient (Wildman–Crippen LogP) is 1.67. The number of piperidine rings is 1. The maximum absolute atomic E-state index is 11.4. The smallest absolute Gasteiger partial charge is 0.337 e. The molecule has 2 N–H and O–H groups in total. The van der Waals surface area contributed by atoms with Crippen molar-refractivity contribution >= 4 is 5.97 Å². The topological polar surface area (TPSA) is 64.8 Å². The van der Waals surface area contributed by atoms with E-state index in [9.17, 15) is 4.79 Å². The number of nitrogens with two attached hydrogens (primary N) is 1. The molecule has 1 fully saturated rings. The number of hydrogen-bond donors (Lipinski definition) is 1. The average Bonchev–Trinajstić information content (AvgIpc) is 2.51. The molecule has 21 heavy (non-hydrogen) atoms. The maximum atomic E-state index is 11.4. The molecule has 5 nitrogen and oxygen atoms in total. The average molecular weight is 292 g/mol. The molecule has 0 amide bonds. The lowest BCUT2D eigenvalue weighted by Gasteiger charge is -2.30. The van der Waals surface area contributed by atoms with E-state index in [1.54, 1.807) is 18.2 Å². The SMILES string of the molecule is COC(=O)c1cccc(OCCCN2CCC[C@@H](N)C2)c1. The Morgan fingerprint density at radius 3 is 3.10 bits per heavy atom. The minimum atomic E-state index is -0.345. The lowest BCUT2D eigenvalue weighted by atomic mass is 10.1. The molecule has 1 aromatic carbocycles. The second-order valence-electron chi connectivity index (χ2n) is 5.42. The van der Waals surface area contributed by atoms with Crippen LogP contribution in [0, 0.1) is 0 Å². The first-order chi connectivity index (χ1) is 10.2. The summed E-state index contributed by atoms with van der Waals surface area (Å²) < 4.78 is 10.4. The van der Waals surface area contributed by atoms with Crippen LogP contribution in [0.2, 0.25) is 0 Å². The molecule has 0 aliphatic carbocycles. The highest BCUT2D eigenvalue weighted by atomic mass is 16.5. The van der Waals surface area contributed by atoms with Crippen LogP contribution in [0.4, 0.5) is 0 Å². The predicted molar refractivity (Wildman–Crippen MR) is 81.5 cm³/mol. The van der Waals surface area contributed by atoms with Gasteiger partial charge in [-0.2, -0.15) is 0 Å². The first-order valence-corrected chi connectivity index (χ1v) is 7.48. The Kier molecular flexibility index (Phi) is 6.02. The van der Waals surface area contributed by atoms with Crippen LogP contribution in [-0.2, 0) is 4.74 Å². The van der Waals surface area contributed by atoms with Crippen molar-refractivity contribution < 1.29 is 14.3 Å². The zero-order chi connectivity index (χ0) is 15.1. The van der Waals surface area contributed by atoms with Crippen molar-refractivity contribution in [3.05, 3.63) is 29.8 Å². The largest absolute Gasteiger partial charge is 0.494 e. The highest BCUT2D eigenvalue weighted by Crippen LogP contribution is 2.14. The van der Waals surface area contributed by atoms with Gasteiger partial charge >= 0.3 is 5.97 Å². The van der Waals surface area contributed by atoms with Crippen LogP contribution in [0.1, 0.15) is 29.6 Å². The summed E-state index contributed by atoms with van der Waals surface area (Å²) in [6.45, 7) is 3.75. The van der Waals surface area contributed by atoms with Crippen LogP contribution in [0.3, 0.4) is 0 Å². The minimum absolute atomic E-state index is 0.316. The van der Waals surface area contributed by atoms with Crippen LogP contribution in [0.15, 0.2) is 24.3 Å². The summed E-state index contributed by atoms with van der Waals surface area (Å²) in [6.07, 6.45) is 3.27. The van der Waals surface area contributed by atoms with Gasteiger partial charge in [-0.15, -0.1) is 0 Å². The Morgan fingerprint density at radius 2 is 2.33 bits per heavy atom. The fourth-order valence-corrected chi connectivity index (χ4v) is 2.60. The molecular weight excluding hydrogens is 268 g/mol. The molecule has 1 saturated heterocycles. The van der Waals surface area contributed by atoms with Gasteiger partial charge < -0.3 is 20.1 Å². The number of carbonyl (C=O) groups excluding carboxylic acids is 1. The number of rotatable bonds is 6. The molecule has 1 aromatic rings. The Hall–Kier alpha value is -1.59. The standard InChI is InChI=1S/C16H24N2O3/c1-20-16(19)13-5-2-7-15(11-13)21-10-4-9-18-8-3-6-14(17)12-18/h2,5,7,11,14H,3-4,6,8-10,12,17H2,1H3/t14-/m1/s1. The quantitative estimate of drug-likeness (QED) is 0.638. The molecule has 0 radical (unpaired) electrons. The molecule has 0 aromatic heterocycles. The monoisotopic (exact) mass is 292 g/mol. The lowest BCUT2D eigenvalue weighted by Crippen LogP contribution is -2.43. The molecular formula is C16H24N2O3. The molecule has 116 valence electrons. The molecule has 5 heteroatoms. The highest BCUT2D eigenvalue weighted by Gasteiger charge is 2.15. The summed E-state index contributed by atoms with van der Waals surface area (Å²) in [5.41, 5.74) is 6.47. The molecule has 2 rings (SSSR count). The Morgan fingerprint density at radius 1 is 1.48 bits per heavy atom. The first-order valence-electron chi connectivity index (χ1n) is 7.48. The number of ether oxygens (including phenoxy) is 2. The Labute approximate surface area is 126 Å².